The highest BCUT2D eigenvalue weighted by molar-refractivity contribution is 7.94. The van der Waals surface area contributed by atoms with Gasteiger partial charge in [0.1, 0.15) is 4.21 Å². The summed E-state index contributed by atoms with van der Waals surface area (Å²) in [6, 6.07) is 9.66. The van der Waals surface area contributed by atoms with E-state index in [1.807, 2.05) is 0 Å². The molecule has 1 amide bonds. The molecule has 1 aromatic carbocycles. The molecule has 0 fully saturated rings. The standard InChI is InChI=1S/C15H18N2O4S2/c1-17(23(19,20)14-4-3-11-22-14)13-7-5-12(6-8-13)15(18)16-9-10-21-2/h3-8,11H,9-10H2,1-2H3,(H,16,18). The second-order valence-electron chi connectivity index (χ2n) is 4.70. The fourth-order valence-corrected chi connectivity index (χ4v) is 4.23. The van der Waals surface area contributed by atoms with Gasteiger partial charge >= 0.3 is 0 Å². The molecular weight excluding hydrogens is 336 g/mol. The van der Waals surface area contributed by atoms with Crippen LogP contribution in [0.25, 0.3) is 0 Å². The Morgan fingerprint density at radius 1 is 1.26 bits per heavy atom. The summed E-state index contributed by atoms with van der Waals surface area (Å²) < 4.78 is 31.2. The summed E-state index contributed by atoms with van der Waals surface area (Å²) in [6.45, 7) is 0.857. The minimum Gasteiger partial charge on any atom is -0.383 e. The second-order valence-corrected chi connectivity index (χ2v) is 7.84. The minimum atomic E-state index is -3.56. The SMILES string of the molecule is COCCNC(=O)c1ccc(N(C)S(=O)(=O)c2cccs2)cc1. The maximum Gasteiger partial charge on any atom is 0.273 e. The molecule has 0 bridgehead atoms. The molecule has 0 saturated carbocycles. The normalized spacial score (nSPS) is 11.2. The predicted octanol–water partition coefficient (Wildman–Crippen LogP) is 1.95. The van der Waals surface area contributed by atoms with Crippen molar-refractivity contribution in [2.24, 2.45) is 0 Å². The van der Waals surface area contributed by atoms with Crippen molar-refractivity contribution < 1.29 is 17.9 Å². The third kappa shape index (κ3) is 4.10. The Kier molecular flexibility index (Phi) is 5.75. The number of nitrogens with zero attached hydrogens (tertiary/aromatic N) is 1. The summed E-state index contributed by atoms with van der Waals surface area (Å²) in [5.74, 6) is -0.225. The first kappa shape index (κ1) is 17.5. The van der Waals surface area contributed by atoms with Crippen LogP contribution in [-0.4, -0.2) is 41.6 Å². The van der Waals surface area contributed by atoms with Crippen LogP contribution in [0, 0.1) is 0 Å². The molecule has 0 aliphatic carbocycles. The molecule has 0 saturated heterocycles. The Hall–Kier alpha value is -1.90. The highest BCUT2D eigenvalue weighted by Gasteiger charge is 2.22. The van der Waals surface area contributed by atoms with Gasteiger partial charge in [0.25, 0.3) is 15.9 Å². The molecule has 1 heterocycles. The highest BCUT2D eigenvalue weighted by atomic mass is 32.2. The number of sulfonamides is 1. The zero-order valence-corrected chi connectivity index (χ0v) is 14.5. The van der Waals surface area contributed by atoms with Crippen molar-refractivity contribution in [3.8, 4) is 0 Å². The Morgan fingerprint density at radius 3 is 2.52 bits per heavy atom. The van der Waals surface area contributed by atoms with E-state index in [9.17, 15) is 13.2 Å². The van der Waals surface area contributed by atoms with Crippen molar-refractivity contribution in [1.82, 2.24) is 5.32 Å². The van der Waals surface area contributed by atoms with Gasteiger partial charge in [-0.05, 0) is 35.7 Å². The number of anilines is 1. The van der Waals surface area contributed by atoms with E-state index in [0.29, 0.717) is 24.4 Å². The van der Waals surface area contributed by atoms with Crippen molar-refractivity contribution in [2.45, 2.75) is 4.21 Å². The Balaban J connectivity index is 2.12. The molecule has 124 valence electrons. The molecule has 0 atom stereocenters. The highest BCUT2D eigenvalue weighted by Crippen LogP contribution is 2.25. The van der Waals surface area contributed by atoms with Gasteiger partial charge in [-0.25, -0.2) is 8.42 Å². The number of hydrogen-bond acceptors (Lipinski definition) is 5. The molecule has 0 aliphatic heterocycles. The number of carbonyl (C=O) groups excluding carboxylic acids is 1. The van der Waals surface area contributed by atoms with Gasteiger partial charge in [-0.3, -0.25) is 9.10 Å². The monoisotopic (exact) mass is 354 g/mol. The number of methoxy groups -OCH3 is 1. The molecule has 0 aliphatic rings. The quantitative estimate of drug-likeness (QED) is 0.771. The lowest BCUT2D eigenvalue weighted by Gasteiger charge is -2.18. The number of thiophene rings is 1. The average molecular weight is 354 g/mol. The van der Waals surface area contributed by atoms with Gasteiger partial charge in [-0.2, -0.15) is 0 Å². The minimum absolute atomic E-state index is 0.225. The lowest BCUT2D eigenvalue weighted by Crippen LogP contribution is -2.27. The molecule has 0 spiro atoms. The van der Waals surface area contributed by atoms with Gasteiger partial charge in [0.2, 0.25) is 0 Å². The van der Waals surface area contributed by atoms with Crippen LogP contribution in [0.2, 0.25) is 0 Å². The lowest BCUT2D eigenvalue weighted by atomic mass is 10.2. The van der Waals surface area contributed by atoms with E-state index < -0.39 is 10.0 Å². The zero-order chi connectivity index (χ0) is 16.9. The number of carbonyl (C=O) groups is 1. The van der Waals surface area contributed by atoms with Gasteiger partial charge in [0.05, 0.1) is 12.3 Å². The third-order valence-corrected chi connectivity index (χ3v) is 6.35. The first-order valence-corrected chi connectivity index (χ1v) is 9.18. The summed E-state index contributed by atoms with van der Waals surface area (Å²) in [4.78, 5) is 11.9. The maximum atomic E-state index is 12.4. The van der Waals surface area contributed by atoms with Crippen LogP contribution in [0.5, 0.6) is 0 Å². The summed E-state index contributed by atoms with van der Waals surface area (Å²) >= 11 is 1.17. The van der Waals surface area contributed by atoms with Crippen molar-refractivity contribution in [2.75, 3.05) is 31.6 Å². The molecular formula is C15H18N2O4S2. The van der Waals surface area contributed by atoms with Crippen LogP contribution in [0.3, 0.4) is 0 Å². The number of ether oxygens (including phenoxy) is 1. The van der Waals surface area contributed by atoms with Crippen LogP contribution < -0.4 is 9.62 Å². The number of nitrogens with one attached hydrogen (secondary N) is 1. The zero-order valence-electron chi connectivity index (χ0n) is 12.9. The Morgan fingerprint density at radius 2 is 1.96 bits per heavy atom. The van der Waals surface area contributed by atoms with Gasteiger partial charge in [0, 0.05) is 26.3 Å². The fraction of sp³-hybridized carbons (Fsp3) is 0.267. The van der Waals surface area contributed by atoms with Crippen molar-refractivity contribution in [1.29, 1.82) is 0 Å². The molecule has 2 rings (SSSR count). The summed E-state index contributed by atoms with van der Waals surface area (Å²) in [7, 11) is -0.515. The number of benzene rings is 1. The maximum absolute atomic E-state index is 12.4. The van der Waals surface area contributed by atoms with E-state index in [-0.39, 0.29) is 10.1 Å². The van der Waals surface area contributed by atoms with Crippen molar-refractivity contribution in [3.05, 3.63) is 47.3 Å². The molecule has 2 aromatic rings. The van der Waals surface area contributed by atoms with Crippen LogP contribution in [0.15, 0.2) is 46.0 Å². The number of rotatable bonds is 7. The Bertz CT molecular complexity index is 740. The van der Waals surface area contributed by atoms with Gasteiger partial charge in [-0.15, -0.1) is 11.3 Å². The largest absolute Gasteiger partial charge is 0.383 e. The van der Waals surface area contributed by atoms with Crippen LogP contribution in [-0.2, 0) is 14.8 Å². The molecule has 0 radical (unpaired) electrons. The third-order valence-electron chi connectivity index (χ3n) is 3.19. The lowest BCUT2D eigenvalue weighted by molar-refractivity contribution is 0.0937. The molecule has 23 heavy (non-hydrogen) atoms. The van der Waals surface area contributed by atoms with E-state index in [4.69, 9.17) is 4.74 Å². The van der Waals surface area contributed by atoms with Gasteiger partial charge < -0.3 is 10.1 Å². The van der Waals surface area contributed by atoms with Crippen LogP contribution >= 0.6 is 11.3 Å². The molecule has 6 nitrogen and oxygen atoms in total. The van der Waals surface area contributed by atoms with E-state index in [0.717, 1.165) is 0 Å². The van der Waals surface area contributed by atoms with Gasteiger partial charge in [-0.1, -0.05) is 6.07 Å². The van der Waals surface area contributed by atoms with Gasteiger partial charge in [0.15, 0.2) is 0 Å². The number of amides is 1. The first-order chi connectivity index (χ1) is 11.0. The first-order valence-electron chi connectivity index (χ1n) is 6.86. The van der Waals surface area contributed by atoms with Crippen LogP contribution in [0.1, 0.15) is 10.4 Å². The fourth-order valence-electron chi connectivity index (χ4n) is 1.88. The van der Waals surface area contributed by atoms with E-state index >= 15 is 0 Å². The average Bonchev–Trinajstić information content (AvgIpc) is 3.09. The topological polar surface area (TPSA) is 75.7 Å². The summed E-state index contributed by atoms with van der Waals surface area (Å²) in [6.07, 6.45) is 0. The van der Waals surface area contributed by atoms with E-state index in [1.165, 1.54) is 22.7 Å². The summed E-state index contributed by atoms with van der Waals surface area (Å²) in [5.41, 5.74) is 0.957. The molecule has 8 heteroatoms. The summed E-state index contributed by atoms with van der Waals surface area (Å²) in [5, 5.41) is 4.42. The number of hydrogen-bond donors (Lipinski definition) is 1. The Labute approximate surface area is 139 Å². The predicted molar refractivity (Wildman–Crippen MR) is 90.6 cm³/mol. The van der Waals surface area contributed by atoms with Crippen molar-refractivity contribution in [3.63, 3.8) is 0 Å². The molecule has 1 N–H and O–H groups in total. The molecule has 1 aromatic heterocycles. The van der Waals surface area contributed by atoms with Crippen molar-refractivity contribution >= 4 is 33.0 Å². The smallest absolute Gasteiger partial charge is 0.273 e. The second kappa shape index (κ2) is 7.58. The van der Waals surface area contributed by atoms with E-state index in [1.54, 1.807) is 48.9 Å². The van der Waals surface area contributed by atoms with Crippen LogP contribution in [0.4, 0.5) is 5.69 Å². The molecule has 0 unspecified atom stereocenters. The van der Waals surface area contributed by atoms with E-state index in [2.05, 4.69) is 5.32 Å².